The molecule has 2 aliphatic rings. The van der Waals surface area contributed by atoms with E-state index in [1.807, 2.05) is 24.3 Å². The number of likely N-dealkylation sites (tertiary alicyclic amines) is 1. The van der Waals surface area contributed by atoms with E-state index in [4.69, 9.17) is 16.9 Å². The van der Waals surface area contributed by atoms with Gasteiger partial charge in [0, 0.05) is 45.2 Å². The van der Waals surface area contributed by atoms with Crippen molar-refractivity contribution in [2.24, 2.45) is 17.4 Å². The molecule has 2 saturated heterocycles. The number of hydrogen-bond acceptors (Lipinski definition) is 15. The summed E-state index contributed by atoms with van der Waals surface area (Å²) >= 11 is 0. The molecule has 0 bridgehead atoms. The molecule has 28 heteroatoms. The van der Waals surface area contributed by atoms with Crippen molar-refractivity contribution in [3.63, 3.8) is 0 Å². The Morgan fingerprint density at radius 1 is 0.568 bits per heavy atom. The predicted molar refractivity (Wildman–Crippen MR) is 349 cm³/mol. The van der Waals surface area contributed by atoms with E-state index >= 15 is 0 Å². The van der Waals surface area contributed by atoms with E-state index in [0.29, 0.717) is 28.7 Å². The first-order valence-corrected chi connectivity index (χ1v) is 31.5. The van der Waals surface area contributed by atoms with Crippen LogP contribution >= 0.6 is 0 Å². The van der Waals surface area contributed by atoms with Gasteiger partial charge in [-0.2, -0.15) is 0 Å². The van der Waals surface area contributed by atoms with E-state index < -0.39 is 127 Å². The summed E-state index contributed by atoms with van der Waals surface area (Å²) in [6.07, 6.45) is 0.384. The van der Waals surface area contributed by atoms with E-state index in [1.54, 1.807) is 62.4 Å². The molecule has 0 radical (unpaired) electrons. The zero-order valence-corrected chi connectivity index (χ0v) is 52.9. The van der Waals surface area contributed by atoms with Crippen LogP contribution in [0.15, 0.2) is 121 Å². The number of primary amides is 1. The summed E-state index contributed by atoms with van der Waals surface area (Å²) in [5, 5.41) is 67.0. The number of nitrogens with zero attached hydrogens (tertiary/aromatic N) is 1. The third kappa shape index (κ3) is 21.7. The fourth-order valence-corrected chi connectivity index (χ4v) is 11.3. The molecule has 0 unspecified atom stereocenters. The maximum atomic E-state index is 15.0. The smallest absolute Gasteiger partial charge is 0.245 e. The van der Waals surface area contributed by atoms with Crippen molar-refractivity contribution < 1.29 is 68.1 Å². The maximum Gasteiger partial charge on any atom is 0.245 e. The van der Waals surface area contributed by atoms with Gasteiger partial charge in [-0.05, 0) is 102 Å². The number of phenols is 2. The summed E-state index contributed by atoms with van der Waals surface area (Å²) < 4.78 is 0. The van der Waals surface area contributed by atoms with Crippen LogP contribution in [-0.4, -0.2) is 172 Å². The first-order chi connectivity index (χ1) is 45.4. The van der Waals surface area contributed by atoms with Crippen LogP contribution in [0.5, 0.6) is 11.5 Å². The number of aromatic hydroxyl groups is 2. The van der Waals surface area contributed by atoms with Gasteiger partial charge >= 0.3 is 0 Å². The summed E-state index contributed by atoms with van der Waals surface area (Å²) in [6.45, 7) is 2.31. The summed E-state index contributed by atoms with van der Waals surface area (Å²) in [7, 11) is 0. The molecule has 2 heterocycles. The number of nitrogens with one attached hydrogen (secondary N) is 11. The highest BCUT2D eigenvalue weighted by molar-refractivity contribution is 6.00. The van der Waals surface area contributed by atoms with Crippen LogP contribution in [0.2, 0.25) is 0 Å². The predicted octanol–water partition coefficient (Wildman–Crippen LogP) is -0.912. The number of hydrogen-bond donors (Lipinski definition) is 16. The number of carbonyl (C=O) groups excluding carboxylic acids is 11. The first kappa shape index (κ1) is 71.8. The van der Waals surface area contributed by atoms with Crippen molar-refractivity contribution in [1.29, 1.82) is 5.41 Å². The number of benzene rings is 5. The van der Waals surface area contributed by atoms with Crippen LogP contribution in [-0.2, 0) is 78.4 Å². The SMILES string of the molecule is CC(C)C[C@H](NC(=O)[C@@H](Cc1ccc(O)cc1)NC(=O)[C@H](Cc1ccc(O)cc1)NC(=O)[C@H](CO)NC(=O)[C@H](Cc1cccc2ccccc12)NC(=O)[C@@H](Cc1ccccc1)NC(=O)[C@@H]1CCC(=O)N1)C(=O)N[C@@H](CCCNC(=N)N)C(=O)N1CCC[C@H]1C(=O)NCC(N)=O. The molecule has 0 saturated carbocycles. The number of rotatable bonds is 33. The normalized spacial score (nSPS) is 16.5. The molecule has 5 aromatic rings. The molecule has 95 heavy (non-hydrogen) atoms. The zero-order valence-electron chi connectivity index (χ0n) is 52.9. The number of fused-ring (bicyclic) bond motifs is 1. The van der Waals surface area contributed by atoms with Crippen LogP contribution in [0.1, 0.15) is 81.0 Å². The van der Waals surface area contributed by atoms with Gasteiger partial charge in [0.05, 0.1) is 13.2 Å². The highest BCUT2D eigenvalue weighted by atomic mass is 16.3. The highest BCUT2D eigenvalue weighted by Gasteiger charge is 2.40. The van der Waals surface area contributed by atoms with E-state index in [-0.39, 0.29) is 107 Å². The summed E-state index contributed by atoms with van der Waals surface area (Å²) in [5.41, 5.74) is 12.8. The second-order valence-corrected chi connectivity index (χ2v) is 24.0. The molecule has 0 spiro atoms. The molecule has 5 aromatic carbocycles. The highest BCUT2D eigenvalue weighted by Crippen LogP contribution is 2.23. The standard InChI is InChI=1S/C67H84N14O14/c1-38(2)31-49(59(88)74-48(17-9-29-71-67(69)70)66(95)81-30-10-18-55(81)65(94)72-36-56(68)85)75-60(89)51(33-40-19-23-44(83)24-20-40)77-61(90)52(34-41-21-25-45(84)26-22-41)78-64(93)54(37-82)80-63(92)53(35-43-15-8-14-42-13-6-7-16-46(42)43)79-62(91)50(32-39-11-4-3-5-12-39)76-58(87)47-27-28-57(86)73-47/h3-8,11-16,19-26,38,47-55,82-84H,9-10,17-18,27-37H2,1-2H3,(H2,68,85)(H,72,94)(H,73,86)(H,74,88)(H,75,89)(H,76,87)(H,77,90)(H,78,93)(H,79,91)(H,80,92)(H4,69,70,71)/t47-,48-,49-,50+,51+,52-,53-,54-,55-/m0/s1. The summed E-state index contributed by atoms with van der Waals surface area (Å²) in [6, 6.07) is 20.5. The van der Waals surface area contributed by atoms with Gasteiger partial charge in [0.25, 0.3) is 0 Å². The van der Waals surface area contributed by atoms with Gasteiger partial charge in [0.15, 0.2) is 5.96 Å². The minimum Gasteiger partial charge on any atom is -0.508 e. The minimum absolute atomic E-state index is 0.00145. The van der Waals surface area contributed by atoms with Crippen molar-refractivity contribution in [2.45, 2.75) is 139 Å². The molecule has 9 atom stereocenters. The number of aliphatic hydroxyl groups excluding tert-OH is 1. The molecule has 0 aromatic heterocycles. The fraction of sp³-hybridized carbons (Fsp3) is 0.403. The quantitative estimate of drug-likeness (QED) is 0.0137. The van der Waals surface area contributed by atoms with Gasteiger partial charge in [0.1, 0.15) is 65.9 Å². The lowest BCUT2D eigenvalue weighted by molar-refractivity contribution is -0.142. The molecule has 506 valence electrons. The van der Waals surface area contributed by atoms with E-state index in [1.165, 1.54) is 53.4 Å². The molecule has 2 aliphatic heterocycles. The zero-order chi connectivity index (χ0) is 68.7. The van der Waals surface area contributed by atoms with E-state index in [0.717, 1.165) is 10.8 Å². The molecular weight excluding hydrogens is 1220 g/mol. The third-order valence-electron chi connectivity index (χ3n) is 16.2. The summed E-state index contributed by atoms with van der Waals surface area (Å²) in [4.78, 5) is 155. The lowest BCUT2D eigenvalue weighted by Gasteiger charge is -2.31. The van der Waals surface area contributed by atoms with Crippen molar-refractivity contribution in [3.8, 4) is 11.5 Å². The van der Waals surface area contributed by atoms with Crippen molar-refractivity contribution in [3.05, 3.63) is 144 Å². The average Bonchev–Trinajstić information content (AvgIpc) is 1.81. The second kappa shape index (κ2) is 34.9. The average molecular weight is 1310 g/mol. The van der Waals surface area contributed by atoms with Gasteiger partial charge in [0.2, 0.25) is 65.0 Å². The Morgan fingerprint density at radius 3 is 1.61 bits per heavy atom. The van der Waals surface area contributed by atoms with Gasteiger partial charge in [-0.15, -0.1) is 0 Å². The first-order valence-electron chi connectivity index (χ1n) is 31.5. The Balaban J connectivity index is 1.15. The molecule has 7 rings (SSSR count). The van der Waals surface area contributed by atoms with Gasteiger partial charge in [-0.25, -0.2) is 0 Å². The number of aliphatic hydroxyl groups is 1. The lowest BCUT2D eigenvalue weighted by atomic mass is 9.97. The van der Waals surface area contributed by atoms with Gasteiger partial charge in [-0.1, -0.05) is 111 Å². The van der Waals surface area contributed by atoms with Crippen LogP contribution in [0.4, 0.5) is 0 Å². The van der Waals surface area contributed by atoms with Crippen LogP contribution in [0, 0.1) is 11.3 Å². The maximum absolute atomic E-state index is 15.0. The Kier molecular flexibility index (Phi) is 26.3. The summed E-state index contributed by atoms with van der Waals surface area (Å²) in [5.74, 6) is -9.38. The Hall–Kier alpha value is -10.6. The molecule has 2 fully saturated rings. The lowest BCUT2D eigenvalue weighted by Crippen LogP contribution is -2.61. The van der Waals surface area contributed by atoms with Gasteiger partial charge < -0.3 is 84.9 Å². The van der Waals surface area contributed by atoms with E-state index in [9.17, 15) is 68.1 Å². The molecule has 28 nitrogen and oxygen atoms in total. The van der Waals surface area contributed by atoms with Crippen molar-refractivity contribution in [1.82, 2.24) is 58.1 Å². The fourth-order valence-electron chi connectivity index (χ4n) is 11.3. The molecule has 18 N–H and O–H groups in total. The van der Waals surface area contributed by atoms with E-state index in [2.05, 4.69) is 53.2 Å². The molecule has 0 aliphatic carbocycles. The second-order valence-electron chi connectivity index (χ2n) is 24.0. The number of carbonyl (C=O) groups is 11. The number of amides is 11. The van der Waals surface area contributed by atoms with Gasteiger partial charge in [-0.3, -0.25) is 58.1 Å². The molecule has 11 amide bonds. The minimum atomic E-state index is -1.81. The number of phenolic OH excluding ortho intramolecular Hbond substituents is 2. The third-order valence-corrected chi connectivity index (χ3v) is 16.2. The monoisotopic (exact) mass is 1310 g/mol. The van der Waals surface area contributed by atoms with Crippen LogP contribution < -0.4 is 64.6 Å². The molecular formula is C67H84N14O14. The number of nitrogens with two attached hydrogens (primary N) is 2. The van der Waals surface area contributed by atoms with Crippen molar-refractivity contribution >= 4 is 81.7 Å². The van der Waals surface area contributed by atoms with Crippen molar-refractivity contribution in [2.75, 3.05) is 26.2 Å². The Bertz CT molecular complexity index is 3550. The Morgan fingerprint density at radius 2 is 1.06 bits per heavy atom. The largest absolute Gasteiger partial charge is 0.508 e. The topological polar surface area (TPSA) is 448 Å². The van der Waals surface area contributed by atoms with Crippen LogP contribution in [0.3, 0.4) is 0 Å². The Labute approximate surface area is 548 Å². The van der Waals surface area contributed by atoms with Crippen LogP contribution in [0.25, 0.3) is 10.8 Å². The number of guanidine groups is 1.